The summed E-state index contributed by atoms with van der Waals surface area (Å²) in [6.45, 7) is 64.7. The Labute approximate surface area is 604 Å². The van der Waals surface area contributed by atoms with Gasteiger partial charge in [0.05, 0.1) is 0 Å². The van der Waals surface area contributed by atoms with Gasteiger partial charge in [-0.15, -0.1) is 0 Å². The van der Waals surface area contributed by atoms with Crippen LogP contribution in [0.5, 0.6) is 0 Å². The van der Waals surface area contributed by atoms with Crippen molar-refractivity contribution in [2.24, 2.45) is 63.8 Å². The molecule has 3 amide bonds. The summed E-state index contributed by atoms with van der Waals surface area (Å²) in [5.41, 5.74) is 33.9. The van der Waals surface area contributed by atoms with E-state index in [4.69, 9.17) is 53.1 Å². The Morgan fingerprint density at radius 2 is 0.633 bits per heavy atom. The largest absolute Gasteiger partial charge is 0.394 e. The van der Waals surface area contributed by atoms with E-state index in [1.54, 1.807) is 27.8 Å². The molecule has 2 aromatic rings. The highest BCUT2D eigenvalue weighted by atomic mass is 16.3. The van der Waals surface area contributed by atoms with Crippen LogP contribution < -0.4 is 63.9 Å². The van der Waals surface area contributed by atoms with Crippen molar-refractivity contribution in [3.8, 4) is 0 Å². The van der Waals surface area contributed by atoms with Crippen LogP contribution in [0.1, 0.15) is 195 Å². The number of nitrogens with zero attached hydrogens (tertiary/aromatic N) is 2. The summed E-state index contributed by atoms with van der Waals surface area (Å²) in [5, 5.41) is 10.9. The zero-order valence-corrected chi connectivity index (χ0v) is 68.8. The average molecular weight is 1430 g/mol. The normalized spacial score (nSPS) is 8.29. The molecule has 0 aromatic heterocycles. The monoisotopic (exact) mass is 1430 g/mol. The van der Waals surface area contributed by atoms with Crippen molar-refractivity contribution in [1.82, 2.24) is 33.6 Å². The average Bonchev–Trinajstić information content (AvgIpc) is 1.78. The highest BCUT2D eigenvalue weighted by Gasteiger charge is 2.29. The Hall–Kier alpha value is -6.89. The number of likely N-dealkylation sites (N-methyl/N-ethyl adjacent to an activating group) is 1. The number of amides is 3. The van der Waals surface area contributed by atoms with E-state index >= 15 is 0 Å². The van der Waals surface area contributed by atoms with Crippen LogP contribution in [0.25, 0.3) is 0 Å². The van der Waals surface area contributed by atoms with Crippen LogP contribution in [-0.4, -0.2) is 188 Å². The SMILES string of the molecule is C=O.C=O.C=O.C=O.C=O.C=O.C=O.C=O.C=O.C=O.CC.CC.CC(=O)N(C)[C@@H](Cc1ccccc1)C(=O)N[C@@H](C)C(=O)N1CCCCC1.CC(C)C.CC(C)O.CCC(C)C.CCC(C)C.CCC(C)C.CCc1ccccc1.CN.CN.CN.CN.CN.CN.CN.N.N.N. The number of aliphatic hydroxyl groups excluding tert-OH is 1. The van der Waals surface area contributed by atoms with Crippen LogP contribution in [-0.2, 0) is 75.2 Å². The summed E-state index contributed by atoms with van der Waals surface area (Å²) in [4.78, 5) is 120. The second-order valence-corrected chi connectivity index (χ2v) is 17.0. The number of rotatable bonds is 10. The van der Waals surface area contributed by atoms with Crippen LogP contribution in [0.3, 0.4) is 0 Å². The smallest absolute Gasteiger partial charge is 0.244 e. The molecule has 0 radical (unpaired) electrons. The summed E-state index contributed by atoms with van der Waals surface area (Å²) in [6.07, 6.45) is 8.47. The first-order valence-electron chi connectivity index (χ1n) is 31.1. The third kappa shape index (κ3) is 245. The van der Waals surface area contributed by atoms with Crippen LogP contribution in [0.4, 0.5) is 0 Å². The van der Waals surface area contributed by atoms with E-state index < -0.39 is 12.1 Å². The molecule has 0 spiro atoms. The quantitative estimate of drug-likeness (QED) is 0.105. The van der Waals surface area contributed by atoms with Crippen LogP contribution in [0.2, 0.25) is 0 Å². The maximum absolute atomic E-state index is 12.8. The molecule has 1 saturated heterocycles. The molecule has 1 aliphatic heterocycles. The third-order valence-corrected chi connectivity index (χ3v) is 8.64. The molecule has 27 nitrogen and oxygen atoms in total. The number of likely N-dealkylation sites (tertiary alicyclic amines) is 1. The van der Waals surface area contributed by atoms with Crippen LogP contribution in [0, 0.1) is 23.7 Å². The van der Waals surface area contributed by atoms with E-state index in [2.05, 4.69) is 160 Å². The van der Waals surface area contributed by atoms with Crippen molar-refractivity contribution in [2.45, 2.75) is 215 Å². The molecule has 1 aliphatic rings. The van der Waals surface area contributed by atoms with Gasteiger partial charge in [-0.3, -0.25) is 14.4 Å². The topological polar surface area (TPSA) is 548 Å². The Morgan fingerprint density at radius 1 is 0.439 bits per heavy atom. The standard InChI is InChI=1S/C20H29N3O3.C8H10.3C5H12.C4H10.C3H8O.2C2H6.7CH5N.10CH2O.3H3N/c1-15(20(26)23-12-8-5-9-13-23)21-19(25)18(22(3)16(2)24)14-17-10-6-4-7-11-17;1-2-8-6-4-3-5-7-8;3*1-4-5(2)3;1-4(2)3;1-3(2)4;19*1-2;;;/h4,6-7,10-11,15,18H,5,8-9,12-14H2,1-3H3,(H,21,25);3-7H,2H2,1H3;3*5H,4H2,1-3H3;4H,1-3H3;3-4H,1-2H3;2*1-2H3;7*2H2,1H3;10*1H2;3*1H3/t15-,18-;;;;;;;;;;;;;;;;;;;;;;;;;;;;/m0............................/s1. The number of carbonyl (C=O) groups is 13. The fourth-order valence-electron chi connectivity index (χ4n) is 3.94. The molecule has 0 unspecified atom stereocenters. The van der Waals surface area contributed by atoms with Gasteiger partial charge in [0.2, 0.25) is 17.7 Å². The molecule has 0 saturated carbocycles. The lowest BCUT2D eigenvalue weighted by atomic mass is 10.0. The van der Waals surface area contributed by atoms with Gasteiger partial charge >= 0.3 is 0 Å². The first kappa shape index (κ1) is 175. The van der Waals surface area contributed by atoms with Gasteiger partial charge in [0, 0.05) is 39.6 Å². The van der Waals surface area contributed by atoms with Gasteiger partial charge in [-0.05, 0) is 131 Å². The molecule has 1 heterocycles. The van der Waals surface area contributed by atoms with E-state index in [9.17, 15) is 14.4 Å². The van der Waals surface area contributed by atoms with E-state index in [-0.39, 0.29) is 42.3 Å². The molecule has 2 aromatic carbocycles. The summed E-state index contributed by atoms with van der Waals surface area (Å²) in [6, 6.07) is 18.8. The molecule has 2 atom stereocenters. The van der Waals surface area contributed by atoms with Crippen molar-refractivity contribution >= 4 is 85.6 Å². The van der Waals surface area contributed by atoms with E-state index in [1.165, 1.54) is 86.0 Å². The van der Waals surface area contributed by atoms with E-state index in [1.807, 2.05) is 137 Å². The zero-order valence-electron chi connectivity index (χ0n) is 68.8. The molecule has 3 rings (SSSR count). The van der Waals surface area contributed by atoms with Gasteiger partial charge < -0.3 is 127 Å². The van der Waals surface area contributed by atoms with Gasteiger partial charge in [-0.1, -0.05) is 198 Å². The molecular formula is C71H169N13O14. The minimum Gasteiger partial charge on any atom is -0.394 e. The molecular weight excluding hydrogens is 1260 g/mol. The Kier molecular flexibility index (Phi) is 405. The number of hydrogen-bond acceptors (Lipinski definition) is 24. The van der Waals surface area contributed by atoms with Gasteiger partial charge in [0.1, 0.15) is 80.0 Å². The van der Waals surface area contributed by atoms with E-state index in [0.717, 1.165) is 68.0 Å². The second kappa shape index (κ2) is 227. The maximum atomic E-state index is 12.8. The van der Waals surface area contributed by atoms with Crippen LogP contribution in [0.15, 0.2) is 60.7 Å². The first-order chi connectivity index (χ1) is 45.6. The lowest BCUT2D eigenvalue weighted by molar-refractivity contribution is -0.140. The highest BCUT2D eigenvalue weighted by molar-refractivity contribution is 5.91. The molecule has 25 N–H and O–H groups in total. The second-order valence-electron chi connectivity index (χ2n) is 17.0. The summed E-state index contributed by atoms with van der Waals surface area (Å²) < 4.78 is 0. The fraction of sp³-hybridized carbons (Fsp3) is 0.648. The molecule has 602 valence electrons. The molecule has 0 aliphatic carbocycles. The van der Waals surface area contributed by atoms with Gasteiger partial charge in [-0.2, -0.15) is 0 Å². The number of benzene rings is 2. The van der Waals surface area contributed by atoms with Crippen molar-refractivity contribution < 1.29 is 67.4 Å². The zero-order chi connectivity index (χ0) is 82.9. The van der Waals surface area contributed by atoms with Crippen molar-refractivity contribution in [2.75, 3.05) is 69.5 Å². The van der Waals surface area contributed by atoms with Crippen molar-refractivity contribution in [3.63, 3.8) is 0 Å². The number of carbonyl (C=O) groups excluding carboxylic acids is 13. The van der Waals surface area contributed by atoms with Crippen molar-refractivity contribution in [1.29, 1.82) is 0 Å². The number of piperidine rings is 1. The molecule has 27 heteroatoms. The number of aliphatic hydroxyl groups is 1. The Balaban J connectivity index is -0.0000000256. The Morgan fingerprint density at radius 3 is 0.796 bits per heavy atom. The number of aryl methyl sites for hydroxylation is 1. The summed E-state index contributed by atoms with van der Waals surface area (Å²) in [5.74, 6) is 2.95. The van der Waals surface area contributed by atoms with Gasteiger partial charge in [0.25, 0.3) is 0 Å². The summed E-state index contributed by atoms with van der Waals surface area (Å²) >= 11 is 0. The molecule has 1 fully saturated rings. The van der Waals surface area contributed by atoms with Gasteiger partial charge in [-0.25, -0.2) is 0 Å². The van der Waals surface area contributed by atoms with Crippen molar-refractivity contribution in [3.05, 3.63) is 71.8 Å². The minimum absolute atomic E-state index is 0. The molecule has 98 heavy (non-hydrogen) atoms. The third-order valence-electron chi connectivity index (χ3n) is 8.64. The van der Waals surface area contributed by atoms with Crippen LogP contribution >= 0.6 is 0 Å². The number of nitrogens with two attached hydrogens (primary N) is 7. The van der Waals surface area contributed by atoms with Gasteiger partial charge in [0.15, 0.2) is 0 Å². The van der Waals surface area contributed by atoms with E-state index in [0.29, 0.717) is 6.42 Å². The lowest BCUT2D eigenvalue weighted by Gasteiger charge is -2.31. The minimum atomic E-state index is -0.647. The molecule has 0 bridgehead atoms. The number of nitrogens with one attached hydrogen (secondary N) is 1. The lowest BCUT2D eigenvalue weighted by Crippen LogP contribution is -2.54. The maximum Gasteiger partial charge on any atom is 0.244 e. The number of hydrogen-bond donors (Lipinski definition) is 12. The Bertz CT molecular complexity index is 1350. The first-order valence-corrected chi connectivity index (χ1v) is 31.1. The fourth-order valence-corrected chi connectivity index (χ4v) is 3.94. The predicted octanol–water partition coefficient (Wildman–Crippen LogP) is 9.76. The summed E-state index contributed by atoms with van der Waals surface area (Å²) in [7, 11) is 12.1. The predicted molar refractivity (Wildman–Crippen MR) is 429 cm³/mol. The highest BCUT2D eigenvalue weighted by Crippen LogP contribution is 2.12.